The van der Waals surface area contributed by atoms with Crippen LogP contribution in [-0.4, -0.2) is 41.5 Å². The number of carbonyl (C=O) groups is 1. The van der Waals surface area contributed by atoms with Crippen molar-refractivity contribution in [2.45, 2.75) is 31.8 Å². The number of nitrogens with zero attached hydrogens (tertiary/aromatic N) is 6. The molecule has 0 bridgehead atoms. The van der Waals surface area contributed by atoms with Gasteiger partial charge in [0.25, 0.3) is 5.91 Å². The fourth-order valence-electron chi connectivity index (χ4n) is 2.58. The van der Waals surface area contributed by atoms with Crippen LogP contribution in [0.25, 0.3) is 11.3 Å². The summed E-state index contributed by atoms with van der Waals surface area (Å²) in [5.74, 6) is 0.330. The highest BCUT2D eigenvalue weighted by Crippen LogP contribution is 2.35. The van der Waals surface area contributed by atoms with Crippen LogP contribution in [0.2, 0.25) is 0 Å². The normalized spacial score (nSPS) is 15.2. The number of aromatic amines is 1. The predicted molar refractivity (Wildman–Crippen MR) is 83.8 cm³/mol. The lowest BCUT2D eigenvalue weighted by atomic mass is 10.1. The molecule has 122 valence electrons. The summed E-state index contributed by atoms with van der Waals surface area (Å²) >= 11 is 0. The largest absolute Gasteiger partial charge is 0.341 e. The zero-order valence-corrected chi connectivity index (χ0v) is 13.0. The average Bonchev–Trinajstić information content (AvgIpc) is 3.14. The summed E-state index contributed by atoms with van der Waals surface area (Å²) in [5.41, 5.74) is 1.59. The van der Waals surface area contributed by atoms with Gasteiger partial charge >= 0.3 is 0 Å². The minimum absolute atomic E-state index is 0.249. The van der Waals surface area contributed by atoms with E-state index in [1.807, 2.05) is 37.3 Å². The number of nitrogens with one attached hydrogen (secondary N) is 2. The Hall–Kier alpha value is -3.10. The number of aromatic nitrogens is 7. The second-order valence-corrected chi connectivity index (χ2v) is 5.79. The van der Waals surface area contributed by atoms with Crippen molar-refractivity contribution in [1.29, 1.82) is 0 Å². The van der Waals surface area contributed by atoms with Crippen LogP contribution in [-0.2, 0) is 0 Å². The molecule has 3 aromatic rings. The van der Waals surface area contributed by atoms with Crippen LogP contribution < -0.4 is 5.32 Å². The predicted octanol–water partition coefficient (Wildman–Crippen LogP) is 1.28. The van der Waals surface area contributed by atoms with Crippen LogP contribution in [0.4, 0.5) is 0 Å². The number of hydrogen-bond donors (Lipinski definition) is 2. The number of amides is 1. The first kappa shape index (κ1) is 14.5. The molecule has 1 fully saturated rings. The lowest BCUT2D eigenvalue weighted by Crippen LogP contribution is -2.29. The highest BCUT2D eigenvalue weighted by Gasteiger charge is 2.30. The van der Waals surface area contributed by atoms with Gasteiger partial charge in [-0.15, -0.1) is 5.10 Å². The molecule has 1 amide bonds. The Balaban J connectivity index is 1.55. The molecule has 2 aromatic heterocycles. The van der Waals surface area contributed by atoms with Gasteiger partial charge in [0.15, 0.2) is 11.5 Å². The van der Waals surface area contributed by atoms with E-state index in [1.165, 1.54) is 0 Å². The molecule has 0 saturated heterocycles. The molecule has 2 N–H and O–H groups in total. The molecular weight excluding hydrogens is 308 g/mol. The topological polar surface area (TPSA) is 114 Å². The summed E-state index contributed by atoms with van der Waals surface area (Å²) in [6, 6.07) is 9.46. The van der Waals surface area contributed by atoms with Crippen molar-refractivity contribution >= 4 is 5.91 Å². The quantitative estimate of drug-likeness (QED) is 0.731. The molecule has 0 unspecified atom stereocenters. The molecule has 1 aliphatic carbocycles. The van der Waals surface area contributed by atoms with Gasteiger partial charge < -0.3 is 5.32 Å². The Morgan fingerprint density at radius 3 is 2.83 bits per heavy atom. The van der Waals surface area contributed by atoms with Crippen LogP contribution in [0.5, 0.6) is 0 Å². The smallest absolute Gasteiger partial charge is 0.274 e. The first-order valence-corrected chi connectivity index (χ1v) is 7.79. The Morgan fingerprint density at radius 1 is 1.29 bits per heavy atom. The molecule has 1 aromatic carbocycles. The Kier molecular flexibility index (Phi) is 3.52. The summed E-state index contributed by atoms with van der Waals surface area (Å²) in [4.78, 5) is 12.6. The first-order valence-electron chi connectivity index (χ1n) is 7.79. The van der Waals surface area contributed by atoms with Gasteiger partial charge in [0.1, 0.15) is 5.69 Å². The zero-order valence-electron chi connectivity index (χ0n) is 13.0. The SMILES string of the molecule is C[C@@H](NC(=O)c1n[nH]nc1-c1ccccc1)c1nnnn1C1CC1. The van der Waals surface area contributed by atoms with Crippen molar-refractivity contribution in [2.75, 3.05) is 0 Å². The Labute approximate surface area is 137 Å². The number of H-pyrrole nitrogens is 1. The number of hydrogen-bond acceptors (Lipinski definition) is 6. The second kappa shape index (κ2) is 5.84. The van der Waals surface area contributed by atoms with E-state index in [0.717, 1.165) is 18.4 Å². The fraction of sp³-hybridized carbons (Fsp3) is 0.333. The van der Waals surface area contributed by atoms with Crippen LogP contribution in [0.1, 0.15) is 48.2 Å². The van der Waals surface area contributed by atoms with E-state index in [2.05, 4.69) is 36.3 Å². The molecular formula is C15H16N8O. The first-order chi connectivity index (χ1) is 11.7. The molecule has 4 rings (SSSR count). The maximum atomic E-state index is 12.6. The monoisotopic (exact) mass is 324 g/mol. The van der Waals surface area contributed by atoms with Gasteiger partial charge in [0.05, 0.1) is 12.1 Å². The number of carbonyl (C=O) groups excluding carboxylic acids is 1. The van der Waals surface area contributed by atoms with Gasteiger partial charge in [-0.25, -0.2) is 4.68 Å². The molecule has 1 atom stereocenters. The van der Waals surface area contributed by atoms with E-state index < -0.39 is 0 Å². The van der Waals surface area contributed by atoms with Gasteiger partial charge in [-0.1, -0.05) is 30.3 Å². The molecule has 9 heteroatoms. The lowest BCUT2D eigenvalue weighted by Gasteiger charge is -2.12. The van der Waals surface area contributed by atoms with E-state index in [0.29, 0.717) is 17.6 Å². The average molecular weight is 324 g/mol. The number of rotatable bonds is 5. The summed E-state index contributed by atoms with van der Waals surface area (Å²) < 4.78 is 1.78. The minimum atomic E-state index is -0.326. The zero-order chi connectivity index (χ0) is 16.5. The summed E-state index contributed by atoms with van der Waals surface area (Å²) in [7, 11) is 0. The van der Waals surface area contributed by atoms with Crippen LogP contribution in [0, 0.1) is 0 Å². The Morgan fingerprint density at radius 2 is 2.08 bits per heavy atom. The third-order valence-corrected chi connectivity index (χ3v) is 3.96. The molecule has 1 saturated carbocycles. The summed E-state index contributed by atoms with van der Waals surface area (Å²) in [6.45, 7) is 1.85. The third-order valence-electron chi connectivity index (χ3n) is 3.96. The van der Waals surface area contributed by atoms with Crippen molar-refractivity contribution < 1.29 is 4.79 Å². The van der Waals surface area contributed by atoms with Crippen molar-refractivity contribution in [3.8, 4) is 11.3 Å². The molecule has 0 radical (unpaired) electrons. The Bertz CT molecular complexity index is 851. The molecule has 1 aliphatic rings. The van der Waals surface area contributed by atoms with Crippen molar-refractivity contribution in [3.05, 3.63) is 41.9 Å². The van der Waals surface area contributed by atoms with Gasteiger partial charge in [-0.2, -0.15) is 15.4 Å². The van der Waals surface area contributed by atoms with E-state index in [9.17, 15) is 4.79 Å². The van der Waals surface area contributed by atoms with E-state index >= 15 is 0 Å². The molecule has 0 aliphatic heterocycles. The van der Waals surface area contributed by atoms with Crippen molar-refractivity contribution in [2.24, 2.45) is 0 Å². The molecule has 9 nitrogen and oxygen atoms in total. The van der Waals surface area contributed by atoms with Gasteiger partial charge in [0, 0.05) is 5.56 Å². The minimum Gasteiger partial charge on any atom is -0.341 e. The van der Waals surface area contributed by atoms with E-state index in [4.69, 9.17) is 0 Å². The van der Waals surface area contributed by atoms with E-state index in [1.54, 1.807) is 4.68 Å². The summed E-state index contributed by atoms with van der Waals surface area (Å²) in [6.07, 6.45) is 2.14. The van der Waals surface area contributed by atoms with Gasteiger partial charge in [-0.3, -0.25) is 4.79 Å². The second-order valence-electron chi connectivity index (χ2n) is 5.79. The molecule has 0 spiro atoms. The van der Waals surface area contributed by atoms with Crippen LogP contribution >= 0.6 is 0 Å². The highest BCUT2D eigenvalue weighted by molar-refractivity contribution is 5.98. The van der Waals surface area contributed by atoms with Gasteiger partial charge in [-0.05, 0) is 30.2 Å². The maximum Gasteiger partial charge on any atom is 0.274 e. The molecule has 24 heavy (non-hydrogen) atoms. The third kappa shape index (κ3) is 2.64. The van der Waals surface area contributed by atoms with Gasteiger partial charge in [0.2, 0.25) is 0 Å². The van der Waals surface area contributed by atoms with Crippen molar-refractivity contribution in [3.63, 3.8) is 0 Å². The lowest BCUT2D eigenvalue weighted by molar-refractivity contribution is 0.0933. The standard InChI is InChI=1S/C15H16N8O/c1-9(14-19-21-22-23(14)11-7-8-11)16-15(24)13-12(17-20-18-13)10-5-3-2-4-6-10/h2-6,9,11H,7-8H2,1H3,(H,16,24)(H,17,18,20)/t9-/m1/s1. The number of benzene rings is 1. The highest BCUT2D eigenvalue weighted by atomic mass is 16.2. The molecule has 2 heterocycles. The number of tetrazole rings is 1. The van der Waals surface area contributed by atoms with E-state index in [-0.39, 0.29) is 17.6 Å². The fourth-order valence-corrected chi connectivity index (χ4v) is 2.58. The van der Waals surface area contributed by atoms with Crippen LogP contribution in [0.15, 0.2) is 30.3 Å². The van der Waals surface area contributed by atoms with Crippen LogP contribution in [0.3, 0.4) is 0 Å². The summed E-state index contributed by atoms with van der Waals surface area (Å²) in [5, 5.41) is 25.3. The van der Waals surface area contributed by atoms with Crippen molar-refractivity contribution in [1.82, 2.24) is 40.9 Å². The maximum absolute atomic E-state index is 12.6.